The van der Waals surface area contributed by atoms with Crippen molar-refractivity contribution in [2.24, 2.45) is 13.0 Å². The van der Waals surface area contributed by atoms with Crippen molar-refractivity contribution in [1.29, 1.82) is 0 Å². The number of aliphatic hydroxyl groups excluding tert-OH is 1. The van der Waals surface area contributed by atoms with Crippen LogP contribution >= 0.6 is 0 Å². The molecule has 0 amide bonds. The van der Waals surface area contributed by atoms with Gasteiger partial charge in [-0.1, -0.05) is 13.8 Å². The molecule has 0 aromatic carbocycles. The molecule has 17 heavy (non-hydrogen) atoms. The first-order valence-corrected chi connectivity index (χ1v) is 5.64. The van der Waals surface area contributed by atoms with Crippen LogP contribution in [0, 0.1) is 5.92 Å². The van der Waals surface area contributed by atoms with Crippen LogP contribution in [0.15, 0.2) is 12.5 Å². The van der Waals surface area contributed by atoms with Gasteiger partial charge in [-0.25, -0.2) is 9.97 Å². The lowest BCUT2D eigenvalue weighted by molar-refractivity contribution is 0.138. The monoisotopic (exact) mass is 235 g/mol. The third kappa shape index (κ3) is 2.52. The van der Waals surface area contributed by atoms with E-state index >= 15 is 0 Å². The molecule has 0 bridgehead atoms. The summed E-state index contributed by atoms with van der Waals surface area (Å²) < 4.78 is 1.70. The van der Waals surface area contributed by atoms with Gasteiger partial charge in [0.2, 0.25) is 0 Å². The fraction of sp³-hybridized carbons (Fsp3) is 0.545. The summed E-state index contributed by atoms with van der Waals surface area (Å²) in [6.07, 6.45) is 2.94. The number of rotatable bonds is 4. The van der Waals surface area contributed by atoms with Crippen LogP contribution < -0.4 is 5.32 Å². The molecule has 0 saturated carbocycles. The molecule has 6 heteroatoms. The van der Waals surface area contributed by atoms with E-state index in [9.17, 15) is 5.11 Å². The first-order chi connectivity index (χ1) is 8.08. The molecule has 0 radical (unpaired) electrons. The summed E-state index contributed by atoms with van der Waals surface area (Å²) in [5.74, 6) is 0.927. The van der Waals surface area contributed by atoms with Gasteiger partial charge in [-0.05, 0) is 5.92 Å². The Kier molecular flexibility index (Phi) is 3.23. The summed E-state index contributed by atoms with van der Waals surface area (Å²) in [6, 6.07) is 0. The predicted molar refractivity (Wildman–Crippen MR) is 65.6 cm³/mol. The molecule has 0 aliphatic carbocycles. The average molecular weight is 235 g/mol. The number of aryl methyl sites for hydroxylation is 1. The van der Waals surface area contributed by atoms with Crippen molar-refractivity contribution >= 4 is 16.9 Å². The topological polar surface area (TPSA) is 75.9 Å². The number of fused-ring (bicyclic) bond motifs is 1. The molecule has 0 aliphatic rings. The maximum atomic E-state index is 9.74. The third-order valence-electron chi connectivity index (χ3n) is 2.68. The summed E-state index contributed by atoms with van der Waals surface area (Å²) in [4.78, 5) is 8.24. The van der Waals surface area contributed by atoms with E-state index in [4.69, 9.17) is 0 Å². The second-order valence-electron chi connectivity index (χ2n) is 4.45. The van der Waals surface area contributed by atoms with Gasteiger partial charge in [0.15, 0.2) is 5.65 Å². The van der Waals surface area contributed by atoms with Gasteiger partial charge >= 0.3 is 0 Å². The minimum absolute atomic E-state index is 0.216. The molecule has 0 fully saturated rings. The summed E-state index contributed by atoms with van der Waals surface area (Å²) in [5, 5.41) is 17.9. The SMILES string of the molecule is CC(C)C(O)CNc1ncnc2nn(C)cc12. The molecule has 0 aliphatic heterocycles. The zero-order valence-corrected chi connectivity index (χ0v) is 10.3. The first kappa shape index (κ1) is 11.8. The van der Waals surface area contributed by atoms with E-state index in [1.807, 2.05) is 27.1 Å². The Morgan fingerprint density at radius 3 is 2.88 bits per heavy atom. The molecule has 1 atom stereocenters. The first-order valence-electron chi connectivity index (χ1n) is 5.64. The maximum Gasteiger partial charge on any atom is 0.186 e. The van der Waals surface area contributed by atoms with E-state index in [0.29, 0.717) is 18.0 Å². The van der Waals surface area contributed by atoms with Gasteiger partial charge in [-0.2, -0.15) is 5.10 Å². The molecule has 2 aromatic rings. The van der Waals surface area contributed by atoms with Gasteiger partial charge in [0.05, 0.1) is 11.5 Å². The zero-order chi connectivity index (χ0) is 12.4. The number of aliphatic hydroxyl groups is 1. The van der Waals surface area contributed by atoms with Gasteiger partial charge in [-0.3, -0.25) is 4.68 Å². The highest BCUT2D eigenvalue weighted by atomic mass is 16.3. The van der Waals surface area contributed by atoms with Crippen molar-refractivity contribution in [2.75, 3.05) is 11.9 Å². The molecular weight excluding hydrogens is 218 g/mol. The van der Waals surface area contributed by atoms with Gasteiger partial charge in [0, 0.05) is 19.8 Å². The Morgan fingerprint density at radius 2 is 2.18 bits per heavy atom. The zero-order valence-electron chi connectivity index (χ0n) is 10.3. The lowest BCUT2D eigenvalue weighted by Gasteiger charge is -2.15. The Labute approximate surface area is 99.7 Å². The number of anilines is 1. The summed E-state index contributed by atoms with van der Waals surface area (Å²) >= 11 is 0. The quantitative estimate of drug-likeness (QED) is 0.819. The third-order valence-corrected chi connectivity index (χ3v) is 2.68. The van der Waals surface area contributed by atoms with E-state index in [2.05, 4.69) is 20.4 Å². The van der Waals surface area contributed by atoms with Gasteiger partial charge in [0.25, 0.3) is 0 Å². The molecular formula is C11H17N5O. The standard InChI is InChI=1S/C11H17N5O/c1-7(2)9(17)4-12-10-8-5-16(3)15-11(8)14-6-13-10/h5-7,9,17H,4H2,1-3H3,(H,12,13,14,15). The van der Waals surface area contributed by atoms with Crippen LogP contribution in [0.4, 0.5) is 5.82 Å². The average Bonchev–Trinajstić information content (AvgIpc) is 2.66. The van der Waals surface area contributed by atoms with E-state index in [1.165, 1.54) is 6.33 Å². The van der Waals surface area contributed by atoms with Crippen LogP contribution in [0.5, 0.6) is 0 Å². The summed E-state index contributed by atoms with van der Waals surface area (Å²) in [7, 11) is 1.84. The summed E-state index contributed by atoms with van der Waals surface area (Å²) in [5.41, 5.74) is 0.657. The minimum atomic E-state index is -0.392. The van der Waals surface area contributed by atoms with E-state index in [0.717, 1.165) is 5.39 Å². The molecule has 2 heterocycles. The molecule has 92 valence electrons. The van der Waals surface area contributed by atoms with Crippen molar-refractivity contribution in [1.82, 2.24) is 19.7 Å². The van der Waals surface area contributed by atoms with Crippen molar-refractivity contribution in [3.63, 3.8) is 0 Å². The Balaban J connectivity index is 2.18. The number of nitrogens with zero attached hydrogens (tertiary/aromatic N) is 4. The highest BCUT2D eigenvalue weighted by Gasteiger charge is 2.11. The smallest absolute Gasteiger partial charge is 0.186 e. The van der Waals surface area contributed by atoms with E-state index in [-0.39, 0.29) is 5.92 Å². The Hall–Kier alpha value is -1.69. The van der Waals surface area contributed by atoms with Gasteiger partial charge in [0.1, 0.15) is 12.1 Å². The number of hydrogen-bond donors (Lipinski definition) is 2. The van der Waals surface area contributed by atoms with Crippen LogP contribution in [0.3, 0.4) is 0 Å². The second kappa shape index (κ2) is 4.67. The van der Waals surface area contributed by atoms with Crippen LogP contribution in [0.2, 0.25) is 0 Å². The van der Waals surface area contributed by atoms with Crippen molar-refractivity contribution < 1.29 is 5.11 Å². The fourth-order valence-corrected chi connectivity index (χ4v) is 1.53. The predicted octanol–water partition coefficient (Wildman–Crippen LogP) is 0.792. The van der Waals surface area contributed by atoms with Crippen molar-refractivity contribution in [3.8, 4) is 0 Å². The number of aromatic nitrogens is 4. The molecule has 0 spiro atoms. The van der Waals surface area contributed by atoms with Crippen LogP contribution in [0.25, 0.3) is 11.0 Å². The maximum absolute atomic E-state index is 9.74. The largest absolute Gasteiger partial charge is 0.391 e. The molecule has 6 nitrogen and oxygen atoms in total. The van der Waals surface area contributed by atoms with Gasteiger partial charge < -0.3 is 10.4 Å². The van der Waals surface area contributed by atoms with Crippen LogP contribution in [0.1, 0.15) is 13.8 Å². The van der Waals surface area contributed by atoms with E-state index < -0.39 is 6.10 Å². The van der Waals surface area contributed by atoms with Crippen molar-refractivity contribution in [3.05, 3.63) is 12.5 Å². The molecule has 2 rings (SSSR count). The van der Waals surface area contributed by atoms with Crippen LogP contribution in [-0.4, -0.2) is 37.5 Å². The molecule has 0 saturated heterocycles. The van der Waals surface area contributed by atoms with Crippen molar-refractivity contribution in [2.45, 2.75) is 20.0 Å². The Bertz CT molecular complexity index is 508. The lowest BCUT2D eigenvalue weighted by atomic mass is 10.1. The molecule has 2 aromatic heterocycles. The van der Waals surface area contributed by atoms with E-state index in [1.54, 1.807) is 4.68 Å². The molecule has 1 unspecified atom stereocenters. The second-order valence-corrected chi connectivity index (χ2v) is 4.45. The summed E-state index contributed by atoms with van der Waals surface area (Å²) in [6.45, 7) is 4.43. The highest BCUT2D eigenvalue weighted by molar-refractivity contribution is 5.85. The normalized spacial score (nSPS) is 13.2. The minimum Gasteiger partial charge on any atom is -0.391 e. The molecule has 2 N–H and O–H groups in total. The van der Waals surface area contributed by atoms with Gasteiger partial charge in [-0.15, -0.1) is 0 Å². The number of nitrogens with one attached hydrogen (secondary N) is 1. The lowest BCUT2D eigenvalue weighted by Crippen LogP contribution is -2.25. The fourth-order valence-electron chi connectivity index (χ4n) is 1.53. The van der Waals surface area contributed by atoms with Crippen LogP contribution in [-0.2, 0) is 7.05 Å². The Morgan fingerprint density at radius 1 is 1.41 bits per heavy atom. The number of hydrogen-bond acceptors (Lipinski definition) is 5. The highest BCUT2D eigenvalue weighted by Crippen LogP contribution is 2.17.